The number of para-hydroxylation sites is 2. The second-order valence-electron chi connectivity index (χ2n) is 7.02. The van der Waals surface area contributed by atoms with Gasteiger partial charge in [0.15, 0.2) is 0 Å². The highest BCUT2D eigenvalue weighted by atomic mass is 16.1. The number of fused-ring (bicyclic) bond motifs is 2. The molecule has 0 radical (unpaired) electrons. The van der Waals surface area contributed by atoms with Gasteiger partial charge in [0, 0.05) is 29.3 Å². The van der Waals surface area contributed by atoms with Crippen LogP contribution < -0.4 is 10.2 Å². The van der Waals surface area contributed by atoms with E-state index in [0.717, 1.165) is 35.2 Å². The van der Waals surface area contributed by atoms with Crippen LogP contribution >= 0.6 is 0 Å². The van der Waals surface area contributed by atoms with E-state index in [1.165, 1.54) is 11.3 Å². The van der Waals surface area contributed by atoms with Crippen LogP contribution in [0, 0.1) is 0 Å². The Morgan fingerprint density at radius 3 is 2.82 bits per heavy atom. The number of pyridine rings is 1. The molecule has 3 heterocycles. The quantitative estimate of drug-likeness (QED) is 0.560. The fraction of sp³-hybridized carbons (Fsp3) is 0.130. The van der Waals surface area contributed by atoms with Crippen LogP contribution in [0.4, 0.5) is 17.2 Å². The van der Waals surface area contributed by atoms with Gasteiger partial charge >= 0.3 is 0 Å². The van der Waals surface area contributed by atoms with Crippen LogP contribution in [0.5, 0.6) is 0 Å². The largest absolute Gasteiger partial charge is 0.361 e. The number of aromatic nitrogens is 2. The maximum Gasteiger partial charge on any atom is 0.228 e. The monoisotopic (exact) mass is 368 g/mol. The lowest BCUT2D eigenvalue weighted by atomic mass is 10.1. The molecule has 138 valence electrons. The highest BCUT2D eigenvalue weighted by Gasteiger charge is 2.20. The Bertz CT molecular complexity index is 1150. The van der Waals surface area contributed by atoms with Crippen molar-refractivity contribution in [3.63, 3.8) is 0 Å². The first-order chi connectivity index (χ1) is 13.8. The Balaban J connectivity index is 1.28. The molecular weight excluding hydrogens is 348 g/mol. The average molecular weight is 368 g/mol. The number of hydrogen-bond donors (Lipinski definition) is 2. The van der Waals surface area contributed by atoms with Crippen molar-refractivity contribution in [1.29, 1.82) is 0 Å². The van der Waals surface area contributed by atoms with Gasteiger partial charge in [-0.05, 0) is 41.8 Å². The fourth-order valence-electron chi connectivity index (χ4n) is 3.85. The van der Waals surface area contributed by atoms with Crippen molar-refractivity contribution in [1.82, 2.24) is 9.97 Å². The number of anilines is 3. The molecule has 0 aliphatic carbocycles. The Labute approximate surface area is 163 Å². The molecule has 5 nitrogen and oxygen atoms in total. The number of carbonyl (C=O) groups is 1. The molecule has 0 saturated carbocycles. The Morgan fingerprint density at radius 2 is 1.93 bits per heavy atom. The third kappa shape index (κ3) is 3.01. The normalized spacial score (nSPS) is 12.9. The molecule has 0 saturated heterocycles. The number of hydrogen-bond acceptors (Lipinski definition) is 3. The molecule has 0 unspecified atom stereocenters. The number of nitrogens with one attached hydrogen (secondary N) is 2. The zero-order valence-electron chi connectivity index (χ0n) is 15.4. The van der Waals surface area contributed by atoms with Crippen LogP contribution in [0.15, 0.2) is 73.1 Å². The molecule has 5 rings (SSSR count). The Hall–Kier alpha value is -3.60. The first-order valence-electron chi connectivity index (χ1n) is 9.44. The summed E-state index contributed by atoms with van der Waals surface area (Å²) in [4.78, 5) is 22.5. The molecule has 0 fully saturated rings. The molecule has 2 aromatic carbocycles. The molecule has 4 aromatic rings. The van der Waals surface area contributed by atoms with Gasteiger partial charge in [-0.1, -0.05) is 36.4 Å². The number of rotatable bonds is 4. The minimum Gasteiger partial charge on any atom is -0.361 e. The Morgan fingerprint density at radius 1 is 1.07 bits per heavy atom. The van der Waals surface area contributed by atoms with Gasteiger partial charge < -0.3 is 15.2 Å². The summed E-state index contributed by atoms with van der Waals surface area (Å²) in [5, 5.41) is 4.03. The molecule has 28 heavy (non-hydrogen) atoms. The minimum atomic E-state index is -0.0502. The van der Waals surface area contributed by atoms with E-state index in [2.05, 4.69) is 44.5 Å². The molecule has 0 bridgehead atoms. The molecule has 1 aliphatic heterocycles. The van der Waals surface area contributed by atoms with E-state index in [4.69, 9.17) is 0 Å². The summed E-state index contributed by atoms with van der Waals surface area (Å²) in [6.07, 6.45) is 4.98. The van der Waals surface area contributed by atoms with Crippen molar-refractivity contribution in [2.45, 2.75) is 12.8 Å². The summed E-state index contributed by atoms with van der Waals surface area (Å²) >= 11 is 0. The van der Waals surface area contributed by atoms with E-state index in [0.29, 0.717) is 12.1 Å². The molecule has 0 spiro atoms. The minimum absolute atomic E-state index is 0.0502. The third-order valence-corrected chi connectivity index (χ3v) is 5.22. The topological polar surface area (TPSA) is 61.0 Å². The van der Waals surface area contributed by atoms with Gasteiger partial charge in [-0.25, -0.2) is 4.98 Å². The maximum absolute atomic E-state index is 12.5. The summed E-state index contributed by atoms with van der Waals surface area (Å²) in [7, 11) is 0. The van der Waals surface area contributed by atoms with Crippen molar-refractivity contribution in [2.24, 2.45) is 0 Å². The smallest absolute Gasteiger partial charge is 0.228 e. The predicted octanol–water partition coefficient (Wildman–Crippen LogP) is 4.44. The summed E-state index contributed by atoms with van der Waals surface area (Å²) < 4.78 is 0. The number of aromatic amines is 1. The average Bonchev–Trinajstić information content (AvgIpc) is 3.33. The van der Waals surface area contributed by atoms with Crippen LogP contribution in [0.3, 0.4) is 0 Å². The van der Waals surface area contributed by atoms with Gasteiger partial charge in [0.05, 0.1) is 18.3 Å². The van der Waals surface area contributed by atoms with Gasteiger partial charge in [-0.2, -0.15) is 0 Å². The van der Waals surface area contributed by atoms with E-state index in [9.17, 15) is 4.79 Å². The molecule has 2 N–H and O–H groups in total. The predicted molar refractivity (Wildman–Crippen MR) is 112 cm³/mol. The summed E-state index contributed by atoms with van der Waals surface area (Å²) in [6.45, 7) is 0.929. The summed E-state index contributed by atoms with van der Waals surface area (Å²) in [6, 6.07) is 20.3. The SMILES string of the molecule is O=C(Cc1c[nH]c2ccccc12)Nc1ccc(N2CCc3ccccc32)nc1. The van der Waals surface area contributed by atoms with Crippen molar-refractivity contribution >= 4 is 34.0 Å². The van der Waals surface area contributed by atoms with E-state index >= 15 is 0 Å². The van der Waals surface area contributed by atoms with E-state index in [1.54, 1.807) is 6.20 Å². The second kappa shape index (κ2) is 6.85. The zero-order valence-corrected chi connectivity index (χ0v) is 15.4. The number of nitrogens with zero attached hydrogens (tertiary/aromatic N) is 2. The van der Waals surface area contributed by atoms with Crippen LogP contribution in [-0.2, 0) is 17.6 Å². The fourth-order valence-corrected chi connectivity index (χ4v) is 3.85. The Kier molecular flexibility index (Phi) is 4.05. The van der Waals surface area contributed by atoms with E-state index in [1.807, 2.05) is 42.6 Å². The van der Waals surface area contributed by atoms with Crippen LogP contribution in [0.25, 0.3) is 10.9 Å². The highest BCUT2D eigenvalue weighted by molar-refractivity contribution is 5.95. The van der Waals surface area contributed by atoms with Gasteiger partial charge in [0.2, 0.25) is 5.91 Å². The van der Waals surface area contributed by atoms with Gasteiger partial charge in [0.1, 0.15) is 5.82 Å². The van der Waals surface area contributed by atoms with Crippen molar-refractivity contribution < 1.29 is 4.79 Å². The summed E-state index contributed by atoms with van der Waals surface area (Å²) in [5.41, 5.74) is 5.31. The molecule has 2 aromatic heterocycles. The molecule has 5 heteroatoms. The zero-order chi connectivity index (χ0) is 18.9. The van der Waals surface area contributed by atoms with Gasteiger partial charge in [-0.3, -0.25) is 4.79 Å². The lowest BCUT2D eigenvalue weighted by molar-refractivity contribution is -0.115. The van der Waals surface area contributed by atoms with Gasteiger partial charge in [0.25, 0.3) is 0 Å². The van der Waals surface area contributed by atoms with Crippen LogP contribution in [-0.4, -0.2) is 22.4 Å². The molecule has 0 atom stereocenters. The number of amides is 1. The van der Waals surface area contributed by atoms with Gasteiger partial charge in [-0.15, -0.1) is 0 Å². The lowest BCUT2D eigenvalue weighted by Gasteiger charge is -2.18. The standard InChI is InChI=1S/C23H20N4O/c28-23(13-17-14-24-20-7-3-2-6-19(17)20)26-18-9-10-22(25-15-18)27-12-11-16-5-1-4-8-21(16)27/h1-10,14-15,24H,11-13H2,(H,26,28). The van der Waals surface area contributed by atoms with Crippen molar-refractivity contribution in [3.8, 4) is 0 Å². The first-order valence-corrected chi connectivity index (χ1v) is 9.44. The van der Waals surface area contributed by atoms with Crippen LogP contribution in [0.1, 0.15) is 11.1 Å². The molecule has 1 amide bonds. The highest BCUT2D eigenvalue weighted by Crippen LogP contribution is 2.33. The van der Waals surface area contributed by atoms with Crippen molar-refractivity contribution in [2.75, 3.05) is 16.8 Å². The molecular formula is C23H20N4O. The lowest BCUT2D eigenvalue weighted by Crippen LogP contribution is -2.16. The maximum atomic E-state index is 12.5. The van der Waals surface area contributed by atoms with Crippen molar-refractivity contribution in [3.05, 3.63) is 84.2 Å². The summed E-state index contributed by atoms with van der Waals surface area (Å²) in [5.74, 6) is 0.852. The van der Waals surface area contributed by atoms with E-state index in [-0.39, 0.29) is 5.91 Å². The third-order valence-electron chi connectivity index (χ3n) is 5.22. The molecule has 1 aliphatic rings. The second-order valence-corrected chi connectivity index (χ2v) is 7.02. The van der Waals surface area contributed by atoms with E-state index < -0.39 is 0 Å². The number of H-pyrrole nitrogens is 1. The number of carbonyl (C=O) groups excluding carboxylic acids is 1. The first kappa shape index (κ1) is 16.6. The number of benzene rings is 2. The van der Waals surface area contributed by atoms with Crippen LogP contribution in [0.2, 0.25) is 0 Å².